The van der Waals surface area contributed by atoms with Crippen LogP contribution < -0.4 is 15.0 Å². The Morgan fingerprint density at radius 3 is 2.81 bits per heavy atom. The highest BCUT2D eigenvalue weighted by Gasteiger charge is 2.22. The van der Waals surface area contributed by atoms with Crippen LogP contribution in [0.4, 0.5) is 17.2 Å². The Morgan fingerprint density at radius 1 is 1.12 bits per heavy atom. The van der Waals surface area contributed by atoms with Crippen molar-refractivity contribution in [2.45, 2.75) is 0 Å². The Labute approximate surface area is 150 Å². The van der Waals surface area contributed by atoms with Crippen LogP contribution >= 0.6 is 0 Å². The molecule has 0 bridgehead atoms. The topological polar surface area (TPSA) is 74.7 Å². The van der Waals surface area contributed by atoms with Gasteiger partial charge in [0.1, 0.15) is 17.3 Å². The standard InChI is InChI=1S/C20H17N3O3/c1-23-17-9-13(5-6-18(17)26-12-20(23)25)14-7-8-21-19(10-14)22-15-3-2-4-16(24)11-15/h2-11,24H,12H2,1H3,(H,21,22). The van der Waals surface area contributed by atoms with Crippen molar-refractivity contribution in [2.75, 3.05) is 23.9 Å². The van der Waals surface area contributed by atoms with Crippen molar-refractivity contribution in [3.63, 3.8) is 0 Å². The van der Waals surface area contributed by atoms with E-state index in [-0.39, 0.29) is 18.3 Å². The van der Waals surface area contributed by atoms with Crippen molar-refractivity contribution in [1.29, 1.82) is 0 Å². The highest BCUT2D eigenvalue weighted by molar-refractivity contribution is 5.98. The van der Waals surface area contributed by atoms with E-state index in [0.29, 0.717) is 11.6 Å². The van der Waals surface area contributed by atoms with Crippen molar-refractivity contribution in [3.05, 3.63) is 60.8 Å². The number of pyridine rings is 1. The molecule has 0 saturated heterocycles. The van der Waals surface area contributed by atoms with E-state index >= 15 is 0 Å². The van der Waals surface area contributed by atoms with Crippen molar-refractivity contribution in [3.8, 4) is 22.6 Å². The highest BCUT2D eigenvalue weighted by Crippen LogP contribution is 2.35. The zero-order valence-corrected chi connectivity index (χ0v) is 14.1. The molecule has 4 rings (SSSR count). The number of anilines is 3. The molecule has 0 spiro atoms. The van der Waals surface area contributed by atoms with Gasteiger partial charge >= 0.3 is 0 Å². The molecule has 6 nitrogen and oxygen atoms in total. The number of likely N-dealkylation sites (N-methyl/N-ethyl adjacent to an activating group) is 1. The minimum atomic E-state index is -0.0735. The molecule has 1 aromatic heterocycles. The molecule has 2 aromatic carbocycles. The summed E-state index contributed by atoms with van der Waals surface area (Å²) in [6.07, 6.45) is 1.71. The second-order valence-electron chi connectivity index (χ2n) is 6.03. The summed E-state index contributed by atoms with van der Waals surface area (Å²) >= 11 is 0. The number of ether oxygens (including phenoxy) is 1. The van der Waals surface area contributed by atoms with Crippen LogP contribution in [0.15, 0.2) is 60.8 Å². The third-order valence-electron chi connectivity index (χ3n) is 4.26. The summed E-state index contributed by atoms with van der Waals surface area (Å²) in [4.78, 5) is 17.8. The number of phenols is 1. The molecule has 0 fully saturated rings. The first-order valence-electron chi connectivity index (χ1n) is 8.16. The van der Waals surface area contributed by atoms with E-state index in [2.05, 4.69) is 10.3 Å². The number of nitrogens with zero attached hydrogens (tertiary/aromatic N) is 2. The first-order valence-corrected chi connectivity index (χ1v) is 8.16. The van der Waals surface area contributed by atoms with E-state index in [4.69, 9.17) is 4.74 Å². The number of carbonyl (C=O) groups is 1. The van der Waals surface area contributed by atoms with Crippen molar-refractivity contribution in [1.82, 2.24) is 4.98 Å². The lowest BCUT2D eigenvalue weighted by atomic mass is 10.0. The Hall–Kier alpha value is -3.54. The van der Waals surface area contributed by atoms with Crippen molar-refractivity contribution < 1.29 is 14.6 Å². The minimum Gasteiger partial charge on any atom is -0.508 e. The Morgan fingerprint density at radius 2 is 1.96 bits per heavy atom. The zero-order chi connectivity index (χ0) is 18.1. The van der Waals surface area contributed by atoms with Gasteiger partial charge in [0.05, 0.1) is 5.69 Å². The van der Waals surface area contributed by atoms with Crippen LogP contribution in [0.5, 0.6) is 11.5 Å². The van der Waals surface area contributed by atoms with Gasteiger partial charge in [-0.1, -0.05) is 12.1 Å². The summed E-state index contributed by atoms with van der Waals surface area (Å²) in [6, 6.07) is 16.4. The molecule has 0 saturated carbocycles. The maximum atomic E-state index is 11.8. The molecule has 6 heteroatoms. The van der Waals surface area contributed by atoms with Gasteiger partial charge in [0, 0.05) is 25.0 Å². The lowest BCUT2D eigenvalue weighted by molar-refractivity contribution is -0.120. The van der Waals surface area contributed by atoms with Crippen molar-refractivity contribution in [2.24, 2.45) is 0 Å². The Bertz CT molecular complexity index is 988. The highest BCUT2D eigenvalue weighted by atomic mass is 16.5. The molecule has 130 valence electrons. The fourth-order valence-corrected chi connectivity index (χ4v) is 2.86. The molecule has 1 aliphatic heterocycles. The third-order valence-corrected chi connectivity index (χ3v) is 4.26. The Kier molecular flexibility index (Phi) is 3.93. The van der Waals surface area contributed by atoms with Gasteiger partial charge in [0.15, 0.2) is 6.61 Å². The van der Waals surface area contributed by atoms with Crippen LogP contribution in [-0.2, 0) is 4.79 Å². The van der Waals surface area contributed by atoms with Gasteiger partial charge in [-0.3, -0.25) is 4.79 Å². The molecule has 0 radical (unpaired) electrons. The number of hydrogen-bond acceptors (Lipinski definition) is 5. The van der Waals surface area contributed by atoms with Crippen LogP contribution in [0.25, 0.3) is 11.1 Å². The number of phenolic OH excluding ortho intramolecular Hbond substituents is 1. The number of aromatic nitrogens is 1. The van der Waals surface area contributed by atoms with Crippen LogP contribution in [-0.4, -0.2) is 29.7 Å². The summed E-state index contributed by atoms with van der Waals surface area (Å²) in [5.41, 5.74) is 3.41. The van der Waals surface area contributed by atoms with Crippen molar-refractivity contribution >= 4 is 23.1 Å². The van der Waals surface area contributed by atoms with Gasteiger partial charge in [0.25, 0.3) is 5.91 Å². The average molecular weight is 347 g/mol. The molecule has 2 N–H and O–H groups in total. The van der Waals surface area contributed by atoms with E-state index in [9.17, 15) is 9.90 Å². The zero-order valence-electron chi connectivity index (χ0n) is 14.1. The number of aromatic hydroxyl groups is 1. The lowest BCUT2D eigenvalue weighted by Crippen LogP contribution is -2.35. The predicted octanol–water partition coefficient (Wildman–Crippen LogP) is 3.55. The molecular formula is C20H17N3O3. The SMILES string of the molecule is CN1C(=O)COc2ccc(-c3ccnc(Nc4cccc(O)c4)c3)cc21. The van der Waals surface area contributed by atoms with Gasteiger partial charge in [-0.15, -0.1) is 0 Å². The van der Waals surface area contributed by atoms with Gasteiger partial charge in [-0.25, -0.2) is 4.98 Å². The van der Waals surface area contributed by atoms with Gasteiger partial charge in [-0.05, 0) is 47.5 Å². The van der Waals surface area contributed by atoms with Crippen LogP contribution in [0, 0.1) is 0 Å². The molecule has 0 atom stereocenters. The predicted molar refractivity (Wildman–Crippen MR) is 100.0 cm³/mol. The number of carbonyl (C=O) groups excluding carboxylic acids is 1. The van der Waals surface area contributed by atoms with Gasteiger partial charge in [0.2, 0.25) is 0 Å². The fourth-order valence-electron chi connectivity index (χ4n) is 2.86. The first-order chi connectivity index (χ1) is 12.6. The largest absolute Gasteiger partial charge is 0.508 e. The first kappa shape index (κ1) is 16.0. The van der Waals surface area contributed by atoms with Crippen LogP contribution in [0.3, 0.4) is 0 Å². The van der Waals surface area contributed by atoms with E-state index in [1.54, 1.807) is 36.3 Å². The monoisotopic (exact) mass is 347 g/mol. The van der Waals surface area contributed by atoms with E-state index in [1.807, 2.05) is 36.4 Å². The number of amides is 1. The van der Waals surface area contributed by atoms with Crippen LogP contribution in [0.1, 0.15) is 0 Å². The molecule has 26 heavy (non-hydrogen) atoms. The molecule has 1 aliphatic rings. The minimum absolute atomic E-state index is 0.0656. The summed E-state index contributed by atoms with van der Waals surface area (Å²) in [5, 5.41) is 12.8. The number of benzene rings is 2. The molecule has 3 aromatic rings. The second-order valence-corrected chi connectivity index (χ2v) is 6.03. The number of hydrogen-bond donors (Lipinski definition) is 2. The van der Waals surface area contributed by atoms with E-state index in [1.165, 1.54) is 0 Å². The molecule has 2 heterocycles. The quantitative estimate of drug-likeness (QED) is 0.758. The fraction of sp³-hybridized carbons (Fsp3) is 0.100. The van der Waals surface area contributed by atoms with Gasteiger partial charge < -0.3 is 20.1 Å². The maximum Gasteiger partial charge on any atom is 0.264 e. The smallest absolute Gasteiger partial charge is 0.264 e. The van der Waals surface area contributed by atoms with Gasteiger partial charge in [-0.2, -0.15) is 0 Å². The van der Waals surface area contributed by atoms with E-state index in [0.717, 1.165) is 22.5 Å². The third kappa shape index (κ3) is 3.04. The molecule has 0 aliphatic carbocycles. The molecule has 0 unspecified atom stereocenters. The maximum absolute atomic E-state index is 11.8. The number of fused-ring (bicyclic) bond motifs is 1. The summed E-state index contributed by atoms with van der Waals surface area (Å²) < 4.78 is 5.47. The summed E-state index contributed by atoms with van der Waals surface area (Å²) in [7, 11) is 1.74. The summed E-state index contributed by atoms with van der Waals surface area (Å²) in [6.45, 7) is 0.0656. The normalized spacial score (nSPS) is 13.1. The Balaban J connectivity index is 1.66. The summed E-state index contributed by atoms with van der Waals surface area (Å²) in [5.74, 6) is 1.47. The van der Waals surface area contributed by atoms with Crippen LogP contribution in [0.2, 0.25) is 0 Å². The number of nitrogens with one attached hydrogen (secondary N) is 1. The second kappa shape index (κ2) is 6.40. The molecule has 1 amide bonds. The van der Waals surface area contributed by atoms with E-state index < -0.39 is 0 Å². The lowest BCUT2D eigenvalue weighted by Gasteiger charge is -2.26. The molecular weight excluding hydrogens is 330 g/mol. The average Bonchev–Trinajstić information content (AvgIpc) is 2.65. The number of rotatable bonds is 3.